The maximum atomic E-state index is 15.8. The lowest BCUT2D eigenvalue weighted by Gasteiger charge is -2.51. The van der Waals surface area contributed by atoms with Gasteiger partial charge in [-0.2, -0.15) is 0 Å². The van der Waals surface area contributed by atoms with Gasteiger partial charge in [0.2, 0.25) is 0 Å². The van der Waals surface area contributed by atoms with Crippen molar-refractivity contribution < 1.29 is 22.3 Å². The zero-order valence-corrected chi connectivity index (χ0v) is 21.0. The number of nitrogens with one attached hydrogen (secondary N) is 1. The van der Waals surface area contributed by atoms with Crippen molar-refractivity contribution in [3.05, 3.63) is 53.4 Å². The first-order chi connectivity index (χ1) is 16.5. The summed E-state index contributed by atoms with van der Waals surface area (Å²) in [5.74, 6) is -1.11. The van der Waals surface area contributed by atoms with Crippen molar-refractivity contribution in [3.8, 4) is 11.1 Å². The zero-order chi connectivity index (χ0) is 25.1. The average molecular weight is 504 g/mol. The van der Waals surface area contributed by atoms with Gasteiger partial charge in [0.15, 0.2) is 5.82 Å². The van der Waals surface area contributed by atoms with E-state index in [1.807, 2.05) is 13.8 Å². The number of H-pyrrole nitrogens is 1. The van der Waals surface area contributed by atoms with Crippen molar-refractivity contribution in [3.63, 3.8) is 0 Å². The Morgan fingerprint density at radius 3 is 2.40 bits per heavy atom. The van der Waals surface area contributed by atoms with Gasteiger partial charge in [-0.25, -0.2) is 22.2 Å². The molecule has 2 saturated heterocycles. The molecule has 2 aliphatic rings. The molecule has 0 radical (unpaired) electrons. The zero-order valence-electron chi connectivity index (χ0n) is 20.2. The van der Waals surface area contributed by atoms with Gasteiger partial charge in [-0.15, -0.1) is 0 Å². The number of aromatic nitrogens is 2. The Morgan fingerprint density at radius 2 is 1.77 bits per heavy atom. The number of likely N-dealkylation sites (tertiary alicyclic amines) is 1. The van der Waals surface area contributed by atoms with Gasteiger partial charge < -0.3 is 10.1 Å². The molecule has 0 spiro atoms. The summed E-state index contributed by atoms with van der Waals surface area (Å²) in [7, 11) is -2.95. The van der Waals surface area contributed by atoms with E-state index in [9.17, 15) is 17.9 Å². The van der Waals surface area contributed by atoms with Crippen LogP contribution in [-0.2, 0) is 15.4 Å². The first-order valence-corrected chi connectivity index (χ1v) is 13.9. The van der Waals surface area contributed by atoms with Gasteiger partial charge in [0.05, 0.1) is 16.9 Å². The maximum absolute atomic E-state index is 15.8. The molecule has 0 bridgehead atoms. The molecule has 6 nitrogen and oxygen atoms in total. The summed E-state index contributed by atoms with van der Waals surface area (Å²) in [6.45, 7) is 6.76. The van der Waals surface area contributed by atoms with Crippen LogP contribution in [0.4, 0.5) is 8.78 Å². The fraction of sp³-hybridized carbons (Fsp3) is 0.500. The molecule has 3 aromatic rings. The Morgan fingerprint density at radius 1 is 1.11 bits per heavy atom. The van der Waals surface area contributed by atoms with Crippen LogP contribution in [0.1, 0.15) is 37.8 Å². The molecular formula is C26H31F2N3O3S. The number of pyridine rings is 1. The van der Waals surface area contributed by atoms with E-state index in [1.54, 1.807) is 25.3 Å². The molecule has 35 heavy (non-hydrogen) atoms. The minimum atomic E-state index is -2.95. The fourth-order valence-electron chi connectivity index (χ4n) is 6.24. The van der Waals surface area contributed by atoms with E-state index >= 15 is 4.39 Å². The molecule has 5 rings (SSSR count). The summed E-state index contributed by atoms with van der Waals surface area (Å²) in [5.41, 5.74) is 0.977. The minimum absolute atomic E-state index is 0.159. The number of aromatic amines is 1. The quantitative estimate of drug-likeness (QED) is 0.560. The van der Waals surface area contributed by atoms with Gasteiger partial charge in [0, 0.05) is 48.9 Å². The fourth-order valence-corrected chi connectivity index (χ4v) is 7.71. The highest BCUT2D eigenvalue weighted by Crippen LogP contribution is 2.45. The largest absolute Gasteiger partial charge is 0.384 e. The van der Waals surface area contributed by atoms with Gasteiger partial charge >= 0.3 is 0 Å². The monoisotopic (exact) mass is 503 g/mol. The number of sulfone groups is 1. The van der Waals surface area contributed by atoms with Crippen molar-refractivity contribution in [2.24, 2.45) is 11.8 Å². The molecule has 2 aliphatic heterocycles. The van der Waals surface area contributed by atoms with Crippen LogP contribution in [0, 0.1) is 30.4 Å². The topological polar surface area (TPSA) is 86.3 Å². The van der Waals surface area contributed by atoms with Crippen molar-refractivity contribution in [1.29, 1.82) is 0 Å². The number of rotatable bonds is 3. The van der Waals surface area contributed by atoms with Crippen molar-refractivity contribution in [2.45, 2.75) is 45.3 Å². The number of benzene rings is 1. The first-order valence-electron chi connectivity index (χ1n) is 12.1. The summed E-state index contributed by atoms with van der Waals surface area (Å²) in [6, 6.07) is 5.00. The molecule has 1 aromatic carbocycles. The van der Waals surface area contributed by atoms with Gasteiger partial charge in [-0.05, 0) is 48.6 Å². The Labute approximate surface area is 204 Å². The van der Waals surface area contributed by atoms with E-state index in [-0.39, 0.29) is 34.9 Å². The number of nitrogens with zero attached hydrogens (tertiary/aromatic N) is 2. The number of halogens is 2. The SMILES string of the molecule is Cc1cc(-c2ccnc3[nH]cc(F)c23)cc(F)c1[C@@]1(O)[C@H](C)CN(C2CCS(=O)(=O)CC2)C[C@@H]1C. The van der Waals surface area contributed by atoms with Crippen molar-refractivity contribution >= 4 is 20.9 Å². The summed E-state index contributed by atoms with van der Waals surface area (Å²) in [5, 5.41) is 12.3. The predicted molar refractivity (Wildman–Crippen MR) is 132 cm³/mol. The summed E-state index contributed by atoms with van der Waals surface area (Å²) < 4.78 is 53.9. The number of piperidine rings is 1. The second-order valence-corrected chi connectivity index (χ2v) is 12.6. The van der Waals surface area contributed by atoms with Gasteiger partial charge in [0.1, 0.15) is 26.9 Å². The number of aryl methyl sites for hydroxylation is 1. The van der Waals surface area contributed by atoms with Crippen LogP contribution in [0.2, 0.25) is 0 Å². The number of hydrogen-bond donors (Lipinski definition) is 2. The van der Waals surface area contributed by atoms with E-state index in [2.05, 4.69) is 14.9 Å². The molecule has 0 saturated carbocycles. The molecule has 0 amide bonds. The molecular weight excluding hydrogens is 472 g/mol. The van der Waals surface area contributed by atoms with E-state index in [1.165, 1.54) is 12.3 Å². The molecule has 0 aliphatic carbocycles. The average Bonchev–Trinajstić information content (AvgIpc) is 3.18. The van der Waals surface area contributed by atoms with Crippen LogP contribution in [0.25, 0.3) is 22.2 Å². The minimum Gasteiger partial charge on any atom is -0.384 e. The maximum Gasteiger partial charge on any atom is 0.150 e. The molecule has 4 heterocycles. The predicted octanol–water partition coefficient (Wildman–Crippen LogP) is 4.17. The standard InChI is InChI=1S/C26H31F2N3O3S/c1-15-10-18(20-4-7-29-25-23(20)22(28)12-30-25)11-21(27)24(15)26(32)16(2)13-31(14-17(26)3)19-5-8-35(33,34)9-6-19/h4,7,10-12,16-17,19,32H,5-6,8-9,13-14H2,1-3H3,(H,29,30)/t16-,17+,26-. The number of hydrogen-bond acceptors (Lipinski definition) is 5. The Kier molecular flexibility index (Phi) is 6.01. The molecule has 188 valence electrons. The molecule has 3 atom stereocenters. The number of aliphatic hydroxyl groups is 1. The van der Waals surface area contributed by atoms with Crippen LogP contribution < -0.4 is 0 Å². The summed E-state index contributed by atoms with van der Waals surface area (Å²) in [4.78, 5) is 9.19. The highest BCUT2D eigenvalue weighted by Gasteiger charge is 2.49. The summed E-state index contributed by atoms with van der Waals surface area (Å²) in [6.07, 6.45) is 3.98. The Bertz CT molecular complexity index is 1340. The second-order valence-electron chi connectivity index (χ2n) is 10.3. The third kappa shape index (κ3) is 4.07. The highest BCUT2D eigenvalue weighted by molar-refractivity contribution is 7.91. The van der Waals surface area contributed by atoms with E-state index < -0.39 is 27.1 Å². The molecule has 2 N–H and O–H groups in total. The Hall–Kier alpha value is -2.36. The van der Waals surface area contributed by atoms with Crippen LogP contribution >= 0.6 is 0 Å². The third-order valence-electron chi connectivity index (χ3n) is 8.08. The van der Waals surface area contributed by atoms with Crippen LogP contribution in [0.15, 0.2) is 30.6 Å². The van der Waals surface area contributed by atoms with Gasteiger partial charge in [0.25, 0.3) is 0 Å². The van der Waals surface area contributed by atoms with Crippen molar-refractivity contribution in [1.82, 2.24) is 14.9 Å². The second kappa shape index (κ2) is 8.64. The highest BCUT2D eigenvalue weighted by atomic mass is 32.2. The van der Waals surface area contributed by atoms with E-state index in [4.69, 9.17) is 0 Å². The Balaban J connectivity index is 1.47. The van der Waals surface area contributed by atoms with Crippen LogP contribution in [0.5, 0.6) is 0 Å². The van der Waals surface area contributed by atoms with Gasteiger partial charge in [-0.1, -0.05) is 19.9 Å². The third-order valence-corrected chi connectivity index (χ3v) is 9.80. The first kappa shape index (κ1) is 24.3. The van der Waals surface area contributed by atoms with Crippen LogP contribution in [0.3, 0.4) is 0 Å². The molecule has 2 fully saturated rings. The molecule has 0 unspecified atom stereocenters. The van der Waals surface area contributed by atoms with Gasteiger partial charge in [-0.3, -0.25) is 4.90 Å². The lowest BCUT2D eigenvalue weighted by molar-refractivity contribution is -0.122. The van der Waals surface area contributed by atoms with Crippen LogP contribution in [-0.4, -0.2) is 59.0 Å². The van der Waals surface area contributed by atoms with E-state index in [0.29, 0.717) is 53.7 Å². The summed E-state index contributed by atoms with van der Waals surface area (Å²) >= 11 is 0. The number of fused-ring (bicyclic) bond motifs is 1. The molecule has 2 aromatic heterocycles. The van der Waals surface area contributed by atoms with E-state index in [0.717, 1.165) is 0 Å². The molecule has 9 heteroatoms. The normalized spacial score (nSPS) is 27.9. The lowest BCUT2D eigenvalue weighted by atomic mass is 9.68. The smallest absolute Gasteiger partial charge is 0.150 e. The van der Waals surface area contributed by atoms with Crippen molar-refractivity contribution in [2.75, 3.05) is 24.6 Å². The lowest BCUT2D eigenvalue weighted by Crippen LogP contribution is -2.58.